The number of amides is 2. The summed E-state index contributed by atoms with van der Waals surface area (Å²) in [5.74, 6) is 0. The van der Waals surface area contributed by atoms with Crippen molar-refractivity contribution in [3.8, 4) is 0 Å². The van der Waals surface area contributed by atoms with Gasteiger partial charge in [0.05, 0.1) is 0 Å². The predicted molar refractivity (Wildman–Crippen MR) is 73.6 cm³/mol. The van der Waals surface area contributed by atoms with E-state index in [4.69, 9.17) is 0 Å². The highest BCUT2D eigenvalue weighted by Crippen LogP contribution is 2.42. The van der Waals surface area contributed by atoms with Crippen LogP contribution in [-0.2, 0) is 5.41 Å². The van der Waals surface area contributed by atoms with E-state index in [1.165, 1.54) is 12.0 Å². The van der Waals surface area contributed by atoms with Crippen molar-refractivity contribution in [2.45, 2.75) is 24.7 Å². The maximum absolute atomic E-state index is 11.5. The Morgan fingerprint density at radius 1 is 1.28 bits per heavy atom. The molecule has 3 nitrogen and oxygen atoms in total. The van der Waals surface area contributed by atoms with E-state index in [1.54, 1.807) is 6.08 Å². The van der Waals surface area contributed by atoms with E-state index in [0.717, 1.165) is 12.8 Å². The fraction of sp³-hybridized carbons (Fsp3) is 0.400. The second-order valence-corrected chi connectivity index (χ2v) is 4.85. The molecule has 0 unspecified atom stereocenters. The van der Waals surface area contributed by atoms with Crippen molar-refractivity contribution >= 4 is 6.03 Å². The number of benzene rings is 1. The first-order chi connectivity index (χ1) is 8.77. The highest BCUT2D eigenvalue weighted by Gasteiger charge is 2.38. The van der Waals surface area contributed by atoms with Gasteiger partial charge >= 0.3 is 6.03 Å². The van der Waals surface area contributed by atoms with Crippen LogP contribution in [0, 0.1) is 0 Å². The molecule has 0 aliphatic heterocycles. The molecule has 0 spiro atoms. The predicted octanol–water partition coefficient (Wildman–Crippen LogP) is 2.59. The SMILES string of the molecule is C=CCNC(=O)NCC1(c2ccccc2)CCC1. The van der Waals surface area contributed by atoms with Crippen molar-refractivity contribution in [3.05, 3.63) is 48.6 Å². The lowest BCUT2D eigenvalue weighted by atomic mass is 9.64. The lowest BCUT2D eigenvalue weighted by Crippen LogP contribution is -2.48. The molecule has 2 rings (SSSR count). The van der Waals surface area contributed by atoms with Crippen LogP contribution in [0.4, 0.5) is 4.79 Å². The van der Waals surface area contributed by atoms with E-state index in [1.807, 2.05) is 6.07 Å². The molecule has 96 valence electrons. The lowest BCUT2D eigenvalue weighted by molar-refractivity contribution is 0.215. The Balaban J connectivity index is 1.93. The molecule has 1 saturated carbocycles. The van der Waals surface area contributed by atoms with Crippen molar-refractivity contribution in [3.63, 3.8) is 0 Å². The van der Waals surface area contributed by atoms with E-state index in [2.05, 4.69) is 41.5 Å². The number of carbonyl (C=O) groups excluding carboxylic acids is 1. The summed E-state index contributed by atoms with van der Waals surface area (Å²) in [5, 5.41) is 5.70. The summed E-state index contributed by atoms with van der Waals surface area (Å²) in [7, 11) is 0. The van der Waals surface area contributed by atoms with Crippen molar-refractivity contribution < 1.29 is 4.79 Å². The summed E-state index contributed by atoms with van der Waals surface area (Å²) in [6.45, 7) is 4.79. The van der Waals surface area contributed by atoms with Gasteiger partial charge in [-0.3, -0.25) is 0 Å². The quantitative estimate of drug-likeness (QED) is 0.768. The standard InChI is InChI=1S/C15H20N2O/c1-2-11-16-14(18)17-12-15(9-6-10-15)13-7-4-3-5-8-13/h2-5,7-8H,1,6,9-12H2,(H2,16,17,18). The van der Waals surface area contributed by atoms with Crippen LogP contribution in [0.25, 0.3) is 0 Å². The van der Waals surface area contributed by atoms with Crippen LogP contribution in [0.3, 0.4) is 0 Å². The van der Waals surface area contributed by atoms with Crippen LogP contribution < -0.4 is 10.6 Å². The minimum Gasteiger partial charge on any atom is -0.337 e. The van der Waals surface area contributed by atoms with Crippen LogP contribution in [0.5, 0.6) is 0 Å². The van der Waals surface area contributed by atoms with E-state index in [0.29, 0.717) is 13.1 Å². The molecular weight excluding hydrogens is 224 g/mol. The van der Waals surface area contributed by atoms with Gasteiger partial charge in [-0.15, -0.1) is 6.58 Å². The summed E-state index contributed by atoms with van der Waals surface area (Å²) in [5.41, 5.74) is 1.48. The summed E-state index contributed by atoms with van der Waals surface area (Å²) in [6, 6.07) is 10.3. The molecule has 0 atom stereocenters. The fourth-order valence-electron chi connectivity index (χ4n) is 2.44. The molecule has 1 aliphatic rings. The van der Waals surface area contributed by atoms with E-state index < -0.39 is 0 Å². The Hall–Kier alpha value is -1.77. The minimum atomic E-state index is -0.114. The van der Waals surface area contributed by atoms with Gasteiger partial charge in [0.2, 0.25) is 0 Å². The second kappa shape index (κ2) is 5.71. The highest BCUT2D eigenvalue weighted by atomic mass is 16.2. The maximum atomic E-state index is 11.5. The van der Waals surface area contributed by atoms with Gasteiger partial charge in [-0.25, -0.2) is 4.79 Å². The summed E-state index contributed by atoms with van der Waals surface area (Å²) >= 11 is 0. The van der Waals surface area contributed by atoms with Crippen LogP contribution in [0.1, 0.15) is 24.8 Å². The molecule has 2 N–H and O–H groups in total. The number of nitrogens with one attached hydrogen (secondary N) is 2. The first-order valence-corrected chi connectivity index (χ1v) is 6.45. The Bertz CT molecular complexity index is 410. The molecule has 1 fully saturated rings. The van der Waals surface area contributed by atoms with Crippen molar-refractivity contribution in [1.29, 1.82) is 0 Å². The average Bonchev–Trinajstić information content (AvgIpc) is 2.36. The molecule has 0 heterocycles. The van der Waals surface area contributed by atoms with Gasteiger partial charge in [0.1, 0.15) is 0 Å². The Morgan fingerprint density at radius 3 is 2.56 bits per heavy atom. The van der Waals surface area contributed by atoms with E-state index in [9.17, 15) is 4.79 Å². The van der Waals surface area contributed by atoms with Gasteiger partial charge < -0.3 is 10.6 Å². The summed E-state index contributed by atoms with van der Waals surface area (Å²) in [6.07, 6.45) is 5.22. The summed E-state index contributed by atoms with van der Waals surface area (Å²) in [4.78, 5) is 11.5. The lowest BCUT2D eigenvalue weighted by Gasteiger charge is -2.42. The largest absolute Gasteiger partial charge is 0.337 e. The third kappa shape index (κ3) is 2.73. The minimum absolute atomic E-state index is 0.114. The van der Waals surface area contributed by atoms with Gasteiger partial charge in [0.25, 0.3) is 0 Å². The maximum Gasteiger partial charge on any atom is 0.315 e. The van der Waals surface area contributed by atoms with Crippen LogP contribution in [-0.4, -0.2) is 19.1 Å². The van der Waals surface area contributed by atoms with E-state index in [-0.39, 0.29) is 11.4 Å². The van der Waals surface area contributed by atoms with Gasteiger partial charge in [-0.2, -0.15) is 0 Å². The van der Waals surface area contributed by atoms with E-state index >= 15 is 0 Å². The van der Waals surface area contributed by atoms with Gasteiger partial charge in [-0.05, 0) is 18.4 Å². The van der Waals surface area contributed by atoms with Crippen molar-refractivity contribution in [2.75, 3.05) is 13.1 Å². The molecule has 0 saturated heterocycles. The topological polar surface area (TPSA) is 41.1 Å². The first kappa shape index (κ1) is 12.7. The van der Waals surface area contributed by atoms with Gasteiger partial charge in [0.15, 0.2) is 0 Å². The number of carbonyl (C=O) groups is 1. The number of hydrogen-bond donors (Lipinski definition) is 2. The smallest absolute Gasteiger partial charge is 0.315 e. The Kier molecular flexibility index (Phi) is 4.03. The number of urea groups is 1. The number of rotatable bonds is 5. The highest BCUT2D eigenvalue weighted by molar-refractivity contribution is 5.74. The molecule has 1 aliphatic carbocycles. The Morgan fingerprint density at radius 2 is 2.00 bits per heavy atom. The third-order valence-corrected chi connectivity index (χ3v) is 3.69. The van der Waals surface area contributed by atoms with Gasteiger partial charge in [0, 0.05) is 18.5 Å². The zero-order valence-electron chi connectivity index (χ0n) is 10.6. The molecule has 0 radical (unpaired) electrons. The molecule has 1 aromatic carbocycles. The zero-order valence-corrected chi connectivity index (χ0v) is 10.6. The van der Waals surface area contributed by atoms with Crippen molar-refractivity contribution in [1.82, 2.24) is 10.6 Å². The molecule has 1 aromatic rings. The molecule has 3 heteroatoms. The van der Waals surface area contributed by atoms with Crippen LogP contribution in [0.15, 0.2) is 43.0 Å². The third-order valence-electron chi connectivity index (χ3n) is 3.69. The van der Waals surface area contributed by atoms with Crippen LogP contribution >= 0.6 is 0 Å². The molecule has 18 heavy (non-hydrogen) atoms. The second-order valence-electron chi connectivity index (χ2n) is 4.85. The van der Waals surface area contributed by atoms with Gasteiger partial charge in [-0.1, -0.05) is 42.8 Å². The monoisotopic (exact) mass is 244 g/mol. The zero-order chi connectivity index (χ0) is 12.8. The molecule has 0 bridgehead atoms. The normalized spacial score (nSPS) is 16.4. The summed E-state index contributed by atoms with van der Waals surface area (Å²) < 4.78 is 0. The Labute approximate surface area is 108 Å². The molecule has 2 amide bonds. The first-order valence-electron chi connectivity index (χ1n) is 6.45. The van der Waals surface area contributed by atoms with Crippen molar-refractivity contribution in [2.24, 2.45) is 0 Å². The average molecular weight is 244 g/mol. The number of hydrogen-bond acceptors (Lipinski definition) is 1. The van der Waals surface area contributed by atoms with Crippen LogP contribution in [0.2, 0.25) is 0 Å². The fourth-order valence-corrected chi connectivity index (χ4v) is 2.44. The molecular formula is C15H20N2O. The molecule has 0 aromatic heterocycles.